The molecule has 0 saturated heterocycles. The molecule has 0 aromatic carbocycles. The molecule has 0 amide bonds. The van der Waals surface area contributed by atoms with Crippen LogP contribution in [-0.4, -0.2) is 11.0 Å². The number of anilines is 1. The van der Waals surface area contributed by atoms with Crippen molar-refractivity contribution in [1.29, 1.82) is 0 Å². The second-order valence-corrected chi connectivity index (χ2v) is 4.57. The van der Waals surface area contributed by atoms with Crippen LogP contribution in [0.5, 0.6) is 0 Å². The van der Waals surface area contributed by atoms with E-state index in [1.807, 2.05) is 24.4 Å². The molecule has 0 aliphatic heterocycles. The van der Waals surface area contributed by atoms with Crippen LogP contribution in [0, 0.1) is 11.8 Å². The summed E-state index contributed by atoms with van der Waals surface area (Å²) in [4.78, 5) is 4.32. The van der Waals surface area contributed by atoms with Crippen molar-refractivity contribution in [1.82, 2.24) is 4.98 Å². The maximum absolute atomic E-state index is 4.32. The molecule has 2 rings (SSSR count). The van der Waals surface area contributed by atoms with Gasteiger partial charge in [0.15, 0.2) is 0 Å². The summed E-state index contributed by atoms with van der Waals surface area (Å²) < 4.78 is 0. The van der Waals surface area contributed by atoms with Crippen molar-refractivity contribution in [2.75, 3.05) is 5.32 Å². The Morgan fingerprint density at radius 2 is 2.27 bits per heavy atom. The van der Waals surface area contributed by atoms with E-state index >= 15 is 0 Å². The number of hydrogen-bond acceptors (Lipinski definition) is 2. The predicted molar refractivity (Wildman–Crippen MR) is 63.8 cm³/mol. The van der Waals surface area contributed by atoms with E-state index in [4.69, 9.17) is 0 Å². The Balaban J connectivity index is 1.96. The van der Waals surface area contributed by atoms with Crippen LogP contribution in [0.25, 0.3) is 0 Å². The fraction of sp³-hybridized carbons (Fsp3) is 0.615. The lowest BCUT2D eigenvalue weighted by molar-refractivity contribution is 0.391. The molecular weight excluding hydrogens is 184 g/mol. The minimum Gasteiger partial charge on any atom is -0.367 e. The number of nitrogens with zero attached hydrogens (tertiary/aromatic N) is 1. The first kappa shape index (κ1) is 10.5. The molecule has 82 valence electrons. The van der Waals surface area contributed by atoms with Gasteiger partial charge in [0.1, 0.15) is 5.82 Å². The number of hydrogen-bond donors (Lipinski definition) is 1. The molecule has 2 heteroatoms. The van der Waals surface area contributed by atoms with E-state index in [1.165, 1.54) is 19.3 Å². The summed E-state index contributed by atoms with van der Waals surface area (Å²) in [6.07, 6.45) is 5.80. The Kier molecular flexibility index (Phi) is 3.24. The van der Waals surface area contributed by atoms with E-state index in [1.54, 1.807) is 0 Å². The summed E-state index contributed by atoms with van der Waals surface area (Å²) in [7, 11) is 0. The van der Waals surface area contributed by atoms with E-state index in [0.717, 1.165) is 17.7 Å². The third kappa shape index (κ3) is 2.31. The van der Waals surface area contributed by atoms with Crippen LogP contribution in [0.4, 0.5) is 5.82 Å². The standard InChI is InChI=1S/C13H20N2/c1-3-11-7-8-12(10(11)2)15-13-6-4-5-9-14-13/h4-6,9-12H,3,7-8H2,1-2H3,(H,14,15). The summed E-state index contributed by atoms with van der Waals surface area (Å²) >= 11 is 0. The summed E-state index contributed by atoms with van der Waals surface area (Å²) in [6, 6.07) is 6.65. The van der Waals surface area contributed by atoms with Crippen LogP contribution < -0.4 is 5.32 Å². The highest BCUT2D eigenvalue weighted by molar-refractivity contribution is 5.35. The van der Waals surface area contributed by atoms with Gasteiger partial charge in [-0.3, -0.25) is 0 Å². The Morgan fingerprint density at radius 1 is 1.40 bits per heavy atom. The van der Waals surface area contributed by atoms with E-state index in [2.05, 4.69) is 24.1 Å². The van der Waals surface area contributed by atoms with Gasteiger partial charge in [-0.25, -0.2) is 4.98 Å². The molecule has 3 atom stereocenters. The maximum Gasteiger partial charge on any atom is 0.126 e. The lowest BCUT2D eigenvalue weighted by Gasteiger charge is -2.21. The molecule has 1 fully saturated rings. The fourth-order valence-corrected chi connectivity index (χ4v) is 2.67. The van der Waals surface area contributed by atoms with Gasteiger partial charge in [-0.1, -0.05) is 26.3 Å². The van der Waals surface area contributed by atoms with Crippen molar-refractivity contribution in [3.63, 3.8) is 0 Å². The Hall–Kier alpha value is -1.05. The van der Waals surface area contributed by atoms with Gasteiger partial charge >= 0.3 is 0 Å². The monoisotopic (exact) mass is 204 g/mol. The van der Waals surface area contributed by atoms with Crippen LogP contribution in [-0.2, 0) is 0 Å². The molecule has 1 aliphatic rings. The van der Waals surface area contributed by atoms with Crippen molar-refractivity contribution in [2.24, 2.45) is 11.8 Å². The predicted octanol–water partition coefficient (Wildman–Crippen LogP) is 3.32. The highest BCUT2D eigenvalue weighted by Gasteiger charge is 2.31. The van der Waals surface area contributed by atoms with Gasteiger partial charge in [0.05, 0.1) is 0 Å². The molecule has 0 bridgehead atoms. The highest BCUT2D eigenvalue weighted by atomic mass is 15.0. The molecule has 2 nitrogen and oxygen atoms in total. The zero-order valence-electron chi connectivity index (χ0n) is 9.61. The van der Waals surface area contributed by atoms with Crippen LogP contribution in [0.2, 0.25) is 0 Å². The van der Waals surface area contributed by atoms with Gasteiger partial charge in [0.25, 0.3) is 0 Å². The van der Waals surface area contributed by atoms with Gasteiger partial charge in [0, 0.05) is 12.2 Å². The first-order chi connectivity index (χ1) is 7.31. The molecule has 1 aliphatic carbocycles. The second-order valence-electron chi connectivity index (χ2n) is 4.57. The molecule has 1 heterocycles. The van der Waals surface area contributed by atoms with Crippen molar-refractivity contribution in [3.8, 4) is 0 Å². The van der Waals surface area contributed by atoms with Gasteiger partial charge in [0.2, 0.25) is 0 Å². The molecule has 1 N–H and O–H groups in total. The summed E-state index contributed by atoms with van der Waals surface area (Å²) in [5, 5.41) is 3.54. The molecule has 0 spiro atoms. The zero-order chi connectivity index (χ0) is 10.7. The first-order valence-corrected chi connectivity index (χ1v) is 5.99. The average molecular weight is 204 g/mol. The number of rotatable bonds is 3. The maximum atomic E-state index is 4.32. The molecule has 0 radical (unpaired) electrons. The van der Waals surface area contributed by atoms with E-state index in [9.17, 15) is 0 Å². The van der Waals surface area contributed by atoms with Crippen molar-refractivity contribution >= 4 is 5.82 Å². The van der Waals surface area contributed by atoms with Crippen LogP contribution in [0.1, 0.15) is 33.1 Å². The first-order valence-electron chi connectivity index (χ1n) is 5.99. The number of aromatic nitrogens is 1. The van der Waals surface area contributed by atoms with Crippen molar-refractivity contribution < 1.29 is 0 Å². The van der Waals surface area contributed by atoms with Gasteiger partial charge in [-0.15, -0.1) is 0 Å². The zero-order valence-corrected chi connectivity index (χ0v) is 9.61. The summed E-state index contributed by atoms with van der Waals surface area (Å²) in [6.45, 7) is 4.66. The topological polar surface area (TPSA) is 24.9 Å². The highest BCUT2D eigenvalue weighted by Crippen LogP contribution is 2.35. The van der Waals surface area contributed by atoms with Gasteiger partial charge in [-0.05, 0) is 36.8 Å². The number of pyridine rings is 1. The Morgan fingerprint density at radius 3 is 2.87 bits per heavy atom. The average Bonchev–Trinajstić information content (AvgIpc) is 2.62. The molecule has 3 unspecified atom stereocenters. The normalized spacial score (nSPS) is 30.4. The summed E-state index contributed by atoms with van der Waals surface area (Å²) in [5.41, 5.74) is 0. The Labute approximate surface area is 92.1 Å². The molecule has 1 aromatic heterocycles. The SMILES string of the molecule is CCC1CCC(Nc2ccccn2)C1C. The third-order valence-electron chi connectivity index (χ3n) is 3.75. The number of nitrogens with one attached hydrogen (secondary N) is 1. The van der Waals surface area contributed by atoms with Crippen LogP contribution >= 0.6 is 0 Å². The summed E-state index contributed by atoms with van der Waals surface area (Å²) in [5.74, 6) is 2.69. The van der Waals surface area contributed by atoms with E-state index < -0.39 is 0 Å². The molecule has 15 heavy (non-hydrogen) atoms. The van der Waals surface area contributed by atoms with E-state index in [0.29, 0.717) is 6.04 Å². The quantitative estimate of drug-likeness (QED) is 0.817. The third-order valence-corrected chi connectivity index (χ3v) is 3.75. The smallest absolute Gasteiger partial charge is 0.126 e. The minimum absolute atomic E-state index is 0.616. The molecular formula is C13H20N2. The fourth-order valence-electron chi connectivity index (χ4n) is 2.67. The van der Waals surface area contributed by atoms with Crippen molar-refractivity contribution in [2.45, 2.75) is 39.2 Å². The lowest BCUT2D eigenvalue weighted by atomic mass is 9.93. The minimum atomic E-state index is 0.616. The van der Waals surface area contributed by atoms with Gasteiger partial charge < -0.3 is 5.32 Å². The lowest BCUT2D eigenvalue weighted by Crippen LogP contribution is -2.24. The largest absolute Gasteiger partial charge is 0.367 e. The molecule has 1 saturated carbocycles. The van der Waals surface area contributed by atoms with E-state index in [-0.39, 0.29) is 0 Å². The van der Waals surface area contributed by atoms with Crippen molar-refractivity contribution in [3.05, 3.63) is 24.4 Å². The second kappa shape index (κ2) is 4.65. The van der Waals surface area contributed by atoms with Crippen LogP contribution in [0.15, 0.2) is 24.4 Å². The van der Waals surface area contributed by atoms with Gasteiger partial charge in [-0.2, -0.15) is 0 Å². The molecule has 1 aromatic rings. The van der Waals surface area contributed by atoms with Crippen LogP contribution in [0.3, 0.4) is 0 Å². The Bertz CT molecular complexity index is 297.